The van der Waals surface area contributed by atoms with Gasteiger partial charge in [-0.3, -0.25) is 0 Å². The van der Waals surface area contributed by atoms with Gasteiger partial charge in [-0.25, -0.2) is 0 Å². The van der Waals surface area contributed by atoms with E-state index in [4.69, 9.17) is 5.11 Å². The van der Waals surface area contributed by atoms with Crippen LogP contribution in [-0.4, -0.2) is 11.2 Å². The van der Waals surface area contributed by atoms with E-state index < -0.39 is 0 Å². The van der Waals surface area contributed by atoms with Crippen molar-refractivity contribution in [3.63, 3.8) is 0 Å². The molecule has 1 heteroatoms. The van der Waals surface area contributed by atoms with E-state index in [2.05, 4.69) is 46.8 Å². The number of hydrogen-bond donors (Lipinski definition) is 1. The molecule has 0 aliphatic rings. The Morgan fingerprint density at radius 2 is 1.47 bits per heavy atom. The van der Waals surface area contributed by atoms with Gasteiger partial charge in [0.1, 0.15) is 0 Å². The molecule has 92 valence electrons. The van der Waals surface area contributed by atoms with Gasteiger partial charge in [-0.2, -0.15) is 0 Å². The van der Waals surface area contributed by atoms with E-state index in [9.17, 15) is 0 Å². The van der Waals surface area contributed by atoms with Crippen LogP contribution in [0.3, 0.4) is 0 Å². The molecule has 0 aromatic carbocycles. The van der Waals surface area contributed by atoms with Crippen LogP contribution in [0.2, 0.25) is 0 Å². The zero-order valence-corrected chi connectivity index (χ0v) is 11.5. The fourth-order valence-electron chi connectivity index (χ4n) is 0.900. The predicted octanol–water partition coefficient (Wildman–Crippen LogP) is 4.41. The van der Waals surface area contributed by atoms with Crippen molar-refractivity contribution in [3.8, 4) is 0 Å². The lowest BCUT2D eigenvalue weighted by Crippen LogP contribution is -1.97. The summed E-state index contributed by atoms with van der Waals surface area (Å²) in [5.41, 5.74) is 0. The average Bonchev–Trinajstić information content (AvgIpc) is 2.01. The van der Waals surface area contributed by atoms with Crippen LogP contribution in [0, 0.1) is 11.8 Å². The first kappa shape index (κ1) is 17.1. The van der Waals surface area contributed by atoms with Crippen molar-refractivity contribution in [3.05, 3.63) is 12.2 Å². The molecule has 0 saturated carbocycles. The Morgan fingerprint density at radius 3 is 1.80 bits per heavy atom. The molecular formula is C14H30O. The number of hydrogen-bond acceptors (Lipinski definition) is 1. The van der Waals surface area contributed by atoms with Gasteiger partial charge < -0.3 is 5.11 Å². The lowest BCUT2D eigenvalue weighted by atomic mass is 10.1. The fraction of sp³-hybridized carbons (Fsp3) is 0.857. The van der Waals surface area contributed by atoms with Crippen molar-refractivity contribution < 1.29 is 5.11 Å². The predicted molar refractivity (Wildman–Crippen MR) is 70.0 cm³/mol. The number of unbranched alkanes of at least 4 members (excludes halogenated alkanes) is 1. The normalized spacial score (nSPS) is 13.1. The molecule has 0 saturated heterocycles. The second-order valence-electron chi connectivity index (χ2n) is 5.18. The van der Waals surface area contributed by atoms with Crippen LogP contribution in [0.5, 0.6) is 0 Å². The van der Waals surface area contributed by atoms with E-state index in [1.165, 1.54) is 0 Å². The summed E-state index contributed by atoms with van der Waals surface area (Å²) in [6.45, 7) is 12.7. The second-order valence-corrected chi connectivity index (χ2v) is 5.18. The zero-order chi connectivity index (χ0) is 12.3. The highest BCUT2D eigenvalue weighted by molar-refractivity contribution is 4.84. The maximum atomic E-state index is 8.94. The zero-order valence-electron chi connectivity index (χ0n) is 11.5. The van der Waals surface area contributed by atoms with Crippen molar-refractivity contribution >= 4 is 0 Å². The summed E-state index contributed by atoms with van der Waals surface area (Å²) in [6, 6.07) is 0. The van der Waals surface area contributed by atoms with Gasteiger partial charge in [0.25, 0.3) is 0 Å². The molecule has 0 radical (unpaired) electrons. The molecule has 0 aromatic rings. The lowest BCUT2D eigenvalue weighted by molar-refractivity contribution is 0.182. The van der Waals surface area contributed by atoms with Crippen molar-refractivity contribution in [2.45, 2.75) is 66.9 Å². The first-order valence-corrected chi connectivity index (χ1v) is 6.21. The molecule has 0 amide bonds. The monoisotopic (exact) mass is 214 g/mol. The van der Waals surface area contributed by atoms with Gasteiger partial charge in [-0.05, 0) is 38.0 Å². The molecule has 0 aromatic heterocycles. The molecule has 0 unspecified atom stereocenters. The van der Waals surface area contributed by atoms with E-state index in [0.717, 1.165) is 25.2 Å². The van der Waals surface area contributed by atoms with Crippen LogP contribution in [0.1, 0.15) is 60.8 Å². The maximum Gasteiger partial charge on any atom is 0.0512 e. The average molecular weight is 214 g/mol. The minimum Gasteiger partial charge on any atom is -0.393 e. The Kier molecular flexibility index (Phi) is 13.4. The first-order valence-electron chi connectivity index (χ1n) is 6.21. The summed E-state index contributed by atoms with van der Waals surface area (Å²) in [5, 5.41) is 8.94. The number of aliphatic hydroxyl groups is 1. The van der Waals surface area contributed by atoms with E-state index in [1.54, 1.807) is 0 Å². The van der Waals surface area contributed by atoms with Crippen LogP contribution in [0.4, 0.5) is 0 Å². The largest absolute Gasteiger partial charge is 0.393 e. The minimum atomic E-state index is -0.137. The molecular weight excluding hydrogens is 184 g/mol. The van der Waals surface area contributed by atoms with Crippen LogP contribution in [0.25, 0.3) is 0 Å². The van der Waals surface area contributed by atoms with Crippen LogP contribution >= 0.6 is 0 Å². The van der Waals surface area contributed by atoms with Gasteiger partial charge in [0.2, 0.25) is 0 Å². The number of aliphatic hydroxyl groups excluding tert-OH is 1. The quantitative estimate of drug-likeness (QED) is 0.531. The molecule has 15 heavy (non-hydrogen) atoms. The Labute approximate surface area is 96.6 Å². The van der Waals surface area contributed by atoms with Crippen LogP contribution < -0.4 is 0 Å². The molecule has 0 aliphatic heterocycles. The van der Waals surface area contributed by atoms with Gasteiger partial charge in [-0.1, -0.05) is 46.8 Å². The van der Waals surface area contributed by atoms with Crippen molar-refractivity contribution in [2.75, 3.05) is 0 Å². The van der Waals surface area contributed by atoms with Crippen molar-refractivity contribution in [2.24, 2.45) is 11.8 Å². The summed E-state index contributed by atoms with van der Waals surface area (Å²) in [6.07, 6.45) is 7.39. The second kappa shape index (κ2) is 11.8. The Balaban J connectivity index is 0. The maximum absolute atomic E-state index is 8.94. The third-order valence-electron chi connectivity index (χ3n) is 1.51. The van der Waals surface area contributed by atoms with Gasteiger partial charge in [0.05, 0.1) is 6.10 Å². The summed E-state index contributed by atoms with van der Waals surface area (Å²) < 4.78 is 0. The number of allylic oxidation sites excluding steroid dienone is 2. The molecule has 0 fully saturated rings. The van der Waals surface area contributed by atoms with Crippen LogP contribution in [0.15, 0.2) is 12.2 Å². The topological polar surface area (TPSA) is 20.2 Å². The summed E-state index contributed by atoms with van der Waals surface area (Å²) in [7, 11) is 0. The van der Waals surface area contributed by atoms with E-state index >= 15 is 0 Å². The third-order valence-corrected chi connectivity index (χ3v) is 1.51. The Bertz CT molecular complexity index is 132. The highest BCUT2D eigenvalue weighted by Gasteiger charge is 1.92. The van der Waals surface area contributed by atoms with Gasteiger partial charge in [0.15, 0.2) is 0 Å². The minimum absolute atomic E-state index is 0.137. The van der Waals surface area contributed by atoms with Crippen LogP contribution in [-0.2, 0) is 0 Å². The van der Waals surface area contributed by atoms with E-state index in [-0.39, 0.29) is 6.10 Å². The summed E-state index contributed by atoms with van der Waals surface area (Å²) >= 11 is 0. The molecule has 1 nitrogen and oxygen atoms in total. The highest BCUT2D eigenvalue weighted by atomic mass is 16.3. The Morgan fingerprint density at radius 1 is 1.00 bits per heavy atom. The van der Waals surface area contributed by atoms with Crippen molar-refractivity contribution in [1.82, 2.24) is 0 Å². The summed E-state index contributed by atoms with van der Waals surface area (Å²) in [5.74, 6) is 1.49. The Hall–Kier alpha value is -0.300. The smallest absolute Gasteiger partial charge is 0.0512 e. The van der Waals surface area contributed by atoms with E-state index in [0.29, 0.717) is 5.92 Å². The van der Waals surface area contributed by atoms with E-state index in [1.807, 2.05) is 6.92 Å². The SMILES string of the molecule is CC(C)/C=C/CCC[C@@H](C)O.CC(C)C. The van der Waals surface area contributed by atoms with Gasteiger partial charge >= 0.3 is 0 Å². The molecule has 0 heterocycles. The van der Waals surface area contributed by atoms with Gasteiger partial charge in [-0.15, -0.1) is 0 Å². The molecule has 1 N–H and O–H groups in total. The molecule has 0 aliphatic carbocycles. The first-order chi connectivity index (χ1) is 6.86. The van der Waals surface area contributed by atoms with Crippen molar-refractivity contribution in [1.29, 1.82) is 0 Å². The highest BCUT2D eigenvalue weighted by Crippen LogP contribution is 2.02. The standard InChI is InChI=1S/C10H20O.C4H10/c1-9(2)7-5-4-6-8-10(3)11;1-4(2)3/h5,7,9-11H,4,6,8H2,1-3H3;4H,1-3H3/b7-5+;/t10-;/m1./s1. The van der Waals surface area contributed by atoms with Gasteiger partial charge in [0, 0.05) is 0 Å². The molecule has 0 spiro atoms. The lowest BCUT2D eigenvalue weighted by Gasteiger charge is -2.00. The number of rotatable bonds is 5. The fourth-order valence-corrected chi connectivity index (χ4v) is 0.900. The molecule has 0 rings (SSSR count). The molecule has 0 bridgehead atoms. The summed E-state index contributed by atoms with van der Waals surface area (Å²) in [4.78, 5) is 0. The third kappa shape index (κ3) is 31.6. The molecule has 1 atom stereocenters.